The Hall–Kier alpha value is -2.66. The number of fused-ring (bicyclic) bond motifs is 1. The van der Waals surface area contributed by atoms with Crippen molar-refractivity contribution in [2.45, 2.75) is 37.5 Å². The third kappa shape index (κ3) is 3.80. The molecule has 28 heavy (non-hydrogen) atoms. The van der Waals surface area contributed by atoms with Crippen LogP contribution in [0.5, 0.6) is 0 Å². The number of pyridine rings is 1. The number of aromatic nitrogens is 3. The minimum absolute atomic E-state index is 0.0768. The lowest BCUT2D eigenvalue weighted by Crippen LogP contribution is -2.29. The number of anilines is 1. The third-order valence-electron chi connectivity index (χ3n) is 4.21. The highest BCUT2D eigenvalue weighted by Gasteiger charge is 2.31. The molecule has 0 aliphatic heterocycles. The van der Waals surface area contributed by atoms with Gasteiger partial charge in [0, 0.05) is 12.7 Å². The molecule has 0 amide bonds. The Morgan fingerprint density at radius 2 is 1.96 bits per heavy atom. The average Bonchev–Trinajstić information content (AvgIpc) is 2.99. The highest BCUT2D eigenvalue weighted by atomic mass is 32.2. The van der Waals surface area contributed by atoms with E-state index < -0.39 is 27.8 Å². The number of hydrogen-bond donors (Lipinski definition) is 2. The van der Waals surface area contributed by atoms with Crippen molar-refractivity contribution >= 4 is 26.9 Å². The van der Waals surface area contributed by atoms with E-state index >= 15 is 0 Å². The fraction of sp³-hybridized carbons (Fsp3) is 0.294. The Labute approximate surface area is 159 Å². The SMILES string of the molecule is CCn1c(C(C)NS(=O)(=O)c2ccc(N)nc2)nc2ccc(C(F)(F)F)cc21. The highest BCUT2D eigenvalue weighted by molar-refractivity contribution is 7.89. The Bertz CT molecular complexity index is 1110. The van der Waals surface area contributed by atoms with Gasteiger partial charge in [-0.25, -0.2) is 23.1 Å². The Morgan fingerprint density at radius 3 is 2.54 bits per heavy atom. The van der Waals surface area contributed by atoms with Gasteiger partial charge in [-0.05, 0) is 44.2 Å². The number of sulfonamides is 1. The van der Waals surface area contributed by atoms with E-state index in [9.17, 15) is 21.6 Å². The molecule has 0 aliphatic rings. The molecule has 0 radical (unpaired) electrons. The predicted octanol–water partition coefficient (Wildman–Crippen LogP) is 3.09. The predicted molar refractivity (Wildman–Crippen MR) is 97.8 cm³/mol. The molecule has 2 heterocycles. The molecule has 0 spiro atoms. The molecule has 0 fully saturated rings. The van der Waals surface area contributed by atoms with Gasteiger partial charge in [0.2, 0.25) is 10.0 Å². The lowest BCUT2D eigenvalue weighted by Gasteiger charge is -2.15. The fourth-order valence-electron chi connectivity index (χ4n) is 2.88. The fourth-order valence-corrected chi connectivity index (χ4v) is 4.03. The molecule has 0 saturated heterocycles. The van der Waals surface area contributed by atoms with Crippen molar-refractivity contribution in [2.75, 3.05) is 5.73 Å². The van der Waals surface area contributed by atoms with Crippen LogP contribution in [0.2, 0.25) is 0 Å². The van der Waals surface area contributed by atoms with Crippen molar-refractivity contribution in [2.24, 2.45) is 0 Å². The number of imidazole rings is 1. The van der Waals surface area contributed by atoms with E-state index in [0.717, 1.165) is 18.3 Å². The van der Waals surface area contributed by atoms with Crippen LogP contribution in [0.15, 0.2) is 41.4 Å². The topological polar surface area (TPSA) is 103 Å². The van der Waals surface area contributed by atoms with Crippen LogP contribution in [0.1, 0.15) is 31.3 Å². The van der Waals surface area contributed by atoms with Crippen molar-refractivity contribution in [1.82, 2.24) is 19.3 Å². The number of nitrogens with two attached hydrogens (primary N) is 1. The van der Waals surface area contributed by atoms with Crippen LogP contribution in [0.4, 0.5) is 19.0 Å². The molecule has 3 rings (SSSR count). The number of nitrogens with one attached hydrogen (secondary N) is 1. The number of halogens is 3. The van der Waals surface area contributed by atoms with E-state index in [4.69, 9.17) is 5.73 Å². The van der Waals surface area contributed by atoms with Crippen molar-refractivity contribution in [3.8, 4) is 0 Å². The first-order chi connectivity index (χ1) is 13.0. The molecule has 1 aromatic carbocycles. The summed E-state index contributed by atoms with van der Waals surface area (Å²) in [6.45, 7) is 3.64. The molecular formula is C17H18F3N5O2S. The van der Waals surface area contributed by atoms with Crippen LogP contribution in [-0.2, 0) is 22.7 Å². The van der Waals surface area contributed by atoms with Crippen LogP contribution < -0.4 is 10.5 Å². The number of aryl methyl sites for hydroxylation is 1. The van der Waals surface area contributed by atoms with Crippen LogP contribution in [0.3, 0.4) is 0 Å². The molecule has 0 saturated carbocycles. The van der Waals surface area contributed by atoms with Crippen LogP contribution in [0.25, 0.3) is 11.0 Å². The van der Waals surface area contributed by atoms with Gasteiger partial charge >= 0.3 is 6.18 Å². The number of benzene rings is 1. The van der Waals surface area contributed by atoms with E-state index in [0.29, 0.717) is 17.9 Å². The number of nitrogen functional groups attached to an aromatic ring is 1. The summed E-state index contributed by atoms with van der Waals surface area (Å²) in [5, 5.41) is 0. The van der Waals surface area contributed by atoms with Gasteiger partial charge in [-0.3, -0.25) is 0 Å². The quantitative estimate of drug-likeness (QED) is 0.669. The zero-order valence-electron chi connectivity index (χ0n) is 15.0. The molecule has 11 heteroatoms. The smallest absolute Gasteiger partial charge is 0.384 e. The lowest BCUT2D eigenvalue weighted by molar-refractivity contribution is -0.137. The van der Waals surface area contributed by atoms with Gasteiger partial charge in [-0.15, -0.1) is 0 Å². The van der Waals surface area contributed by atoms with Gasteiger partial charge < -0.3 is 10.3 Å². The van der Waals surface area contributed by atoms with Crippen molar-refractivity contribution in [3.63, 3.8) is 0 Å². The Kier molecular flexibility index (Phi) is 5.06. The second-order valence-electron chi connectivity index (χ2n) is 6.18. The summed E-state index contributed by atoms with van der Waals surface area (Å²) < 4.78 is 68.2. The first kappa shape index (κ1) is 20.1. The minimum atomic E-state index is -4.48. The minimum Gasteiger partial charge on any atom is -0.384 e. The summed E-state index contributed by atoms with van der Waals surface area (Å²) >= 11 is 0. The van der Waals surface area contributed by atoms with E-state index in [-0.39, 0.29) is 16.2 Å². The number of rotatable bonds is 5. The van der Waals surface area contributed by atoms with Gasteiger partial charge in [0.1, 0.15) is 16.5 Å². The lowest BCUT2D eigenvalue weighted by atomic mass is 10.2. The largest absolute Gasteiger partial charge is 0.416 e. The van der Waals surface area contributed by atoms with Gasteiger partial charge in [0.25, 0.3) is 0 Å². The first-order valence-electron chi connectivity index (χ1n) is 8.34. The second-order valence-corrected chi connectivity index (χ2v) is 7.89. The summed E-state index contributed by atoms with van der Waals surface area (Å²) in [6.07, 6.45) is -3.35. The zero-order valence-corrected chi connectivity index (χ0v) is 15.8. The summed E-state index contributed by atoms with van der Waals surface area (Å²) in [7, 11) is -3.92. The summed E-state index contributed by atoms with van der Waals surface area (Å²) in [6, 6.07) is 5.13. The maximum absolute atomic E-state index is 13.0. The molecular weight excluding hydrogens is 395 g/mol. The summed E-state index contributed by atoms with van der Waals surface area (Å²) in [5.41, 5.74) is 5.31. The van der Waals surface area contributed by atoms with Crippen molar-refractivity contribution < 1.29 is 21.6 Å². The Morgan fingerprint density at radius 1 is 1.25 bits per heavy atom. The second kappa shape index (κ2) is 7.06. The van der Waals surface area contributed by atoms with E-state index in [1.807, 2.05) is 0 Å². The van der Waals surface area contributed by atoms with Crippen LogP contribution in [0, 0.1) is 0 Å². The van der Waals surface area contributed by atoms with Gasteiger partial charge in [0.05, 0.1) is 22.6 Å². The van der Waals surface area contributed by atoms with E-state index in [1.165, 1.54) is 18.2 Å². The monoisotopic (exact) mass is 413 g/mol. The number of alkyl halides is 3. The Balaban J connectivity index is 1.99. The summed E-state index contributed by atoms with van der Waals surface area (Å²) in [4.78, 5) is 8.01. The van der Waals surface area contributed by atoms with E-state index in [1.54, 1.807) is 18.4 Å². The molecule has 2 aromatic heterocycles. The maximum atomic E-state index is 13.0. The van der Waals surface area contributed by atoms with Gasteiger partial charge in [0.15, 0.2) is 0 Å². The maximum Gasteiger partial charge on any atom is 0.416 e. The molecule has 3 N–H and O–H groups in total. The van der Waals surface area contributed by atoms with Gasteiger partial charge in [-0.2, -0.15) is 13.2 Å². The van der Waals surface area contributed by atoms with Crippen molar-refractivity contribution in [1.29, 1.82) is 0 Å². The number of nitrogens with zero attached hydrogens (tertiary/aromatic N) is 3. The number of hydrogen-bond acceptors (Lipinski definition) is 5. The van der Waals surface area contributed by atoms with Crippen molar-refractivity contribution in [3.05, 3.63) is 47.9 Å². The third-order valence-corrected chi connectivity index (χ3v) is 5.74. The molecule has 0 bridgehead atoms. The normalized spacial score (nSPS) is 13.8. The molecule has 1 atom stereocenters. The highest BCUT2D eigenvalue weighted by Crippen LogP contribution is 2.32. The average molecular weight is 413 g/mol. The van der Waals surface area contributed by atoms with Gasteiger partial charge in [-0.1, -0.05) is 0 Å². The summed E-state index contributed by atoms with van der Waals surface area (Å²) in [5.74, 6) is 0.490. The molecule has 3 aromatic rings. The van der Waals surface area contributed by atoms with Crippen LogP contribution in [-0.4, -0.2) is 23.0 Å². The molecule has 1 unspecified atom stereocenters. The molecule has 0 aliphatic carbocycles. The molecule has 150 valence electrons. The standard InChI is InChI=1S/C17H18F3N5O2S/c1-3-25-14-8-11(17(18,19)20)4-6-13(14)23-16(25)10(2)24-28(26,27)12-5-7-15(21)22-9-12/h4-10,24H,3H2,1-2H3,(H2,21,22). The zero-order chi connectivity index (χ0) is 20.7. The van der Waals surface area contributed by atoms with E-state index in [2.05, 4.69) is 14.7 Å². The molecule has 7 nitrogen and oxygen atoms in total. The first-order valence-corrected chi connectivity index (χ1v) is 9.82. The van der Waals surface area contributed by atoms with Crippen LogP contribution >= 0.6 is 0 Å².